The van der Waals surface area contributed by atoms with E-state index < -0.39 is 0 Å². The van der Waals surface area contributed by atoms with Crippen molar-refractivity contribution in [2.24, 2.45) is 0 Å². The predicted molar refractivity (Wildman–Crippen MR) is 80.0 cm³/mol. The van der Waals surface area contributed by atoms with E-state index in [1.54, 1.807) is 0 Å². The second kappa shape index (κ2) is 5.14. The largest absolute Gasteiger partial charge is 0.323 e. The molecule has 0 radical (unpaired) electrons. The molecular formula is C15H20ClN3. The lowest BCUT2D eigenvalue weighted by molar-refractivity contribution is 0.392. The summed E-state index contributed by atoms with van der Waals surface area (Å²) in [5.41, 5.74) is 3.65. The monoisotopic (exact) mass is 277 g/mol. The van der Waals surface area contributed by atoms with E-state index in [9.17, 15) is 0 Å². The highest BCUT2D eigenvalue weighted by molar-refractivity contribution is 6.17. The number of aryl methyl sites for hydroxylation is 2. The smallest absolute Gasteiger partial charge is 0.111 e. The SMILES string of the molecule is Cc1cccc2c1nc(CCCl)n2C1CCN(C)C1. The van der Waals surface area contributed by atoms with E-state index in [1.807, 2.05) is 0 Å². The van der Waals surface area contributed by atoms with Crippen LogP contribution in [0.1, 0.15) is 23.9 Å². The van der Waals surface area contributed by atoms with Gasteiger partial charge in [-0.3, -0.25) is 0 Å². The number of likely N-dealkylation sites (tertiary alicyclic amines) is 1. The van der Waals surface area contributed by atoms with Crippen molar-refractivity contribution in [3.8, 4) is 0 Å². The van der Waals surface area contributed by atoms with Crippen LogP contribution in [0, 0.1) is 6.92 Å². The average Bonchev–Trinajstić information content (AvgIpc) is 2.94. The Morgan fingerprint density at radius 2 is 2.26 bits per heavy atom. The van der Waals surface area contributed by atoms with E-state index in [1.165, 1.54) is 17.5 Å². The first-order chi connectivity index (χ1) is 9.20. The fourth-order valence-corrected chi connectivity index (χ4v) is 3.27. The average molecular weight is 278 g/mol. The molecule has 0 saturated carbocycles. The summed E-state index contributed by atoms with van der Waals surface area (Å²) >= 11 is 5.95. The molecule has 0 aliphatic carbocycles. The quantitative estimate of drug-likeness (QED) is 0.804. The molecule has 0 amide bonds. The minimum Gasteiger partial charge on any atom is -0.323 e. The number of hydrogen-bond donors (Lipinski definition) is 0. The van der Waals surface area contributed by atoms with Gasteiger partial charge in [-0.05, 0) is 38.6 Å². The van der Waals surface area contributed by atoms with Gasteiger partial charge in [0.15, 0.2) is 0 Å². The summed E-state index contributed by atoms with van der Waals surface area (Å²) in [5, 5.41) is 0. The molecule has 0 bridgehead atoms. The summed E-state index contributed by atoms with van der Waals surface area (Å²) in [6, 6.07) is 6.98. The number of imidazole rings is 1. The fraction of sp³-hybridized carbons (Fsp3) is 0.533. The number of aromatic nitrogens is 2. The standard InChI is InChI=1S/C15H20ClN3/c1-11-4-3-5-13-15(11)17-14(6-8-16)19(13)12-7-9-18(2)10-12/h3-5,12H,6-10H2,1-2H3. The molecule has 0 N–H and O–H groups in total. The van der Waals surface area contributed by atoms with Crippen LogP contribution in [-0.4, -0.2) is 40.5 Å². The molecule has 2 heterocycles. The number of alkyl halides is 1. The molecule has 1 aliphatic heterocycles. The highest BCUT2D eigenvalue weighted by atomic mass is 35.5. The summed E-state index contributed by atoms with van der Waals surface area (Å²) in [6.45, 7) is 4.40. The summed E-state index contributed by atoms with van der Waals surface area (Å²) in [4.78, 5) is 7.22. The van der Waals surface area contributed by atoms with Gasteiger partial charge in [0.1, 0.15) is 5.82 Å². The topological polar surface area (TPSA) is 21.1 Å². The molecular weight excluding hydrogens is 258 g/mol. The van der Waals surface area contributed by atoms with Crippen molar-refractivity contribution >= 4 is 22.6 Å². The van der Waals surface area contributed by atoms with Crippen molar-refractivity contribution in [2.45, 2.75) is 25.8 Å². The molecule has 1 aromatic heterocycles. The van der Waals surface area contributed by atoms with Gasteiger partial charge in [0.2, 0.25) is 0 Å². The Balaban J connectivity index is 2.14. The molecule has 2 aromatic rings. The normalized spacial score (nSPS) is 20.5. The van der Waals surface area contributed by atoms with Gasteiger partial charge in [-0.15, -0.1) is 11.6 Å². The van der Waals surface area contributed by atoms with Gasteiger partial charge in [0.05, 0.1) is 11.0 Å². The first-order valence-electron chi connectivity index (χ1n) is 6.91. The van der Waals surface area contributed by atoms with Gasteiger partial charge in [0, 0.05) is 24.9 Å². The van der Waals surface area contributed by atoms with Gasteiger partial charge < -0.3 is 9.47 Å². The number of fused-ring (bicyclic) bond motifs is 1. The Labute approximate surface area is 119 Å². The number of rotatable bonds is 3. The third-order valence-electron chi connectivity index (χ3n) is 4.04. The second-order valence-electron chi connectivity index (χ2n) is 5.48. The molecule has 4 heteroatoms. The van der Waals surface area contributed by atoms with Crippen LogP contribution in [-0.2, 0) is 6.42 Å². The number of likely N-dealkylation sites (N-methyl/N-ethyl adjacent to an activating group) is 1. The van der Waals surface area contributed by atoms with Crippen molar-refractivity contribution in [2.75, 3.05) is 26.0 Å². The van der Waals surface area contributed by atoms with Crippen molar-refractivity contribution in [1.29, 1.82) is 0 Å². The van der Waals surface area contributed by atoms with E-state index in [-0.39, 0.29) is 0 Å². The lowest BCUT2D eigenvalue weighted by Gasteiger charge is -2.16. The van der Waals surface area contributed by atoms with Crippen molar-refractivity contribution in [1.82, 2.24) is 14.5 Å². The maximum atomic E-state index is 5.95. The number of halogens is 1. The van der Waals surface area contributed by atoms with E-state index in [0.717, 1.165) is 30.9 Å². The molecule has 1 unspecified atom stereocenters. The van der Waals surface area contributed by atoms with Gasteiger partial charge in [-0.1, -0.05) is 12.1 Å². The summed E-state index contributed by atoms with van der Waals surface area (Å²) in [6.07, 6.45) is 2.04. The Bertz CT molecular complexity index is 590. The maximum absolute atomic E-state index is 5.95. The van der Waals surface area contributed by atoms with E-state index >= 15 is 0 Å². The fourth-order valence-electron chi connectivity index (χ4n) is 3.10. The number of benzene rings is 1. The van der Waals surface area contributed by atoms with Crippen LogP contribution in [0.3, 0.4) is 0 Å². The van der Waals surface area contributed by atoms with Crippen LogP contribution in [0.5, 0.6) is 0 Å². The maximum Gasteiger partial charge on any atom is 0.111 e. The first-order valence-corrected chi connectivity index (χ1v) is 7.45. The molecule has 3 rings (SSSR count). The minimum absolute atomic E-state index is 0.537. The van der Waals surface area contributed by atoms with Gasteiger partial charge in [-0.25, -0.2) is 4.98 Å². The highest BCUT2D eigenvalue weighted by Gasteiger charge is 2.25. The van der Waals surface area contributed by atoms with Crippen LogP contribution >= 0.6 is 11.6 Å². The zero-order valence-electron chi connectivity index (χ0n) is 11.6. The van der Waals surface area contributed by atoms with Crippen molar-refractivity contribution in [3.63, 3.8) is 0 Å². The van der Waals surface area contributed by atoms with Crippen molar-refractivity contribution < 1.29 is 0 Å². The van der Waals surface area contributed by atoms with E-state index in [4.69, 9.17) is 16.6 Å². The Hall–Kier alpha value is -1.06. The molecule has 1 aromatic carbocycles. The third-order valence-corrected chi connectivity index (χ3v) is 4.23. The predicted octanol–water partition coefficient (Wildman–Crippen LogP) is 3.00. The third kappa shape index (κ3) is 2.26. The molecule has 1 aliphatic rings. The molecule has 1 atom stereocenters. The first kappa shape index (κ1) is 12.9. The van der Waals surface area contributed by atoms with E-state index in [0.29, 0.717) is 11.9 Å². The Morgan fingerprint density at radius 1 is 1.42 bits per heavy atom. The summed E-state index contributed by atoms with van der Waals surface area (Å²) in [7, 11) is 2.19. The summed E-state index contributed by atoms with van der Waals surface area (Å²) < 4.78 is 2.42. The molecule has 102 valence electrons. The summed E-state index contributed by atoms with van der Waals surface area (Å²) in [5.74, 6) is 1.77. The molecule has 19 heavy (non-hydrogen) atoms. The molecule has 1 saturated heterocycles. The zero-order valence-corrected chi connectivity index (χ0v) is 12.3. The molecule has 1 fully saturated rings. The Kier molecular flexibility index (Phi) is 3.50. The molecule has 3 nitrogen and oxygen atoms in total. The van der Waals surface area contributed by atoms with Crippen LogP contribution in [0.4, 0.5) is 0 Å². The van der Waals surface area contributed by atoms with Crippen molar-refractivity contribution in [3.05, 3.63) is 29.6 Å². The van der Waals surface area contributed by atoms with Gasteiger partial charge in [0.25, 0.3) is 0 Å². The number of hydrogen-bond acceptors (Lipinski definition) is 2. The van der Waals surface area contributed by atoms with E-state index in [2.05, 4.69) is 41.6 Å². The Morgan fingerprint density at radius 3 is 2.95 bits per heavy atom. The molecule has 0 spiro atoms. The van der Waals surface area contributed by atoms with Crippen LogP contribution in [0.2, 0.25) is 0 Å². The zero-order chi connectivity index (χ0) is 13.4. The van der Waals surface area contributed by atoms with Gasteiger partial charge in [-0.2, -0.15) is 0 Å². The van der Waals surface area contributed by atoms with Crippen LogP contribution < -0.4 is 0 Å². The highest BCUT2D eigenvalue weighted by Crippen LogP contribution is 2.29. The van der Waals surface area contributed by atoms with Crippen LogP contribution in [0.15, 0.2) is 18.2 Å². The number of nitrogens with zero attached hydrogens (tertiary/aromatic N) is 3. The number of para-hydroxylation sites is 1. The second-order valence-corrected chi connectivity index (χ2v) is 5.86. The minimum atomic E-state index is 0.537. The lowest BCUT2D eigenvalue weighted by atomic mass is 10.2. The lowest BCUT2D eigenvalue weighted by Crippen LogP contribution is -2.18. The van der Waals surface area contributed by atoms with Gasteiger partial charge >= 0.3 is 0 Å². The van der Waals surface area contributed by atoms with Crippen LogP contribution in [0.25, 0.3) is 11.0 Å².